The van der Waals surface area contributed by atoms with Gasteiger partial charge in [-0.1, -0.05) is 23.7 Å². The second-order valence-electron chi connectivity index (χ2n) is 3.44. The molecule has 3 heteroatoms. The van der Waals surface area contributed by atoms with E-state index in [0.29, 0.717) is 6.54 Å². The van der Waals surface area contributed by atoms with E-state index in [-0.39, 0.29) is 12.6 Å². The van der Waals surface area contributed by atoms with Crippen LogP contribution < -0.4 is 0 Å². The second kappa shape index (κ2) is 5.35. The number of likely N-dealkylation sites (N-methyl/N-ethyl adjacent to an activating group) is 1. The highest BCUT2D eigenvalue weighted by Crippen LogP contribution is 2.21. The van der Waals surface area contributed by atoms with Crippen LogP contribution in [0.25, 0.3) is 0 Å². The zero-order chi connectivity index (χ0) is 10.6. The molecule has 78 valence electrons. The van der Waals surface area contributed by atoms with Gasteiger partial charge in [0.2, 0.25) is 0 Å². The molecule has 0 aliphatic heterocycles. The fourth-order valence-corrected chi connectivity index (χ4v) is 1.57. The fourth-order valence-electron chi connectivity index (χ4n) is 1.37. The molecular weight excluding hydrogens is 198 g/mol. The zero-order valence-electron chi connectivity index (χ0n) is 8.57. The van der Waals surface area contributed by atoms with Crippen LogP contribution >= 0.6 is 11.6 Å². The molecule has 0 fully saturated rings. The Morgan fingerprint density at radius 1 is 1.50 bits per heavy atom. The Kier molecular flexibility index (Phi) is 4.39. The summed E-state index contributed by atoms with van der Waals surface area (Å²) in [4.78, 5) is 2.09. The van der Waals surface area contributed by atoms with Crippen LogP contribution in [0.3, 0.4) is 0 Å². The van der Waals surface area contributed by atoms with E-state index in [1.807, 2.05) is 31.3 Å². The van der Waals surface area contributed by atoms with Crippen LogP contribution in [0, 0.1) is 0 Å². The third kappa shape index (κ3) is 2.98. The minimum Gasteiger partial charge on any atom is -0.395 e. The molecule has 1 atom stereocenters. The first kappa shape index (κ1) is 11.5. The molecule has 2 nitrogen and oxygen atoms in total. The highest BCUT2D eigenvalue weighted by molar-refractivity contribution is 6.30. The molecule has 0 bridgehead atoms. The summed E-state index contributed by atoms with van der Waals surface area (Å²) >= 11 is 5.90. The maximum Gasteiger partial charge on any atom is 0.0558 e. The quantitative estimate of drug-likeness (QED) is 0.830. The molecule has 1 rings (SSSR count). The number of rotatable bonds is 4. The third-order valence-electron chi connectivity index (χ3n) is 2.44. The Balaban J connectivity index is 2.73. The van der Waals surface area contributed by atoms with Crippen molar-refractivity contribution in [2.45, 2.75) is 13.0 Å². The maximum absolute atomic E-state index is 8.82. The standard InChI is InChI=1S/C11H16ClNO/c1-9(13(2)6-7-14)10-4-3-5-11(12)8-10/h3-5,8-9,14H,6-7H2,1-2H3/t9-/m1/s1. The van der Waals surface area contributed by atoms with Gasteiger partial charge >= 0.3 is 0 Å². The van der Waals surface area contributed by atoms with Crippen molar-refractivity contribution in [3.05, 3.63) is 34.9 Å². The monoisotopic (exact) mass is 213 g/mol. The molecule has 0 aromatic heterocycles. The van der Waals surface area contributed by atoms with E-state index >= 15 is 0 Å². The van der Waals surface area contributed by atoms with Gasteiger partial charge in [0.05, 0.1) is 6.61 Å². The number of aliphatic hydroxyl groups is 1. The van der Waals surface area contributed by atoms with Crippen LogP contribution in [0.15, 0.2) is 24.3 Å². The predicted molar refractivity (Wildman–Crippen MR) is 59.6 cm³/mol. The smallest absolute Gasteiger partial charge is 0.0558 e. The normalized spacial score (nSPS) is 13.2. The highest BCUT2D eigenvalue weighted by atomic mass is 35.5. The van der Waals surface area contributed by atoms with Crippen molar-refractivity contribution in [3.63, 3.8) is 0 Å². The van der Waals surface area contributed by atoms with Gasteiger partial charge in [0.15, 0.2) is 0 Å². The van der Waals surface area contributed by atoms with Gasteiger partial charge in [0.1, 0.15) is 0 Å². The first-order valence-corrected chi connectivity index (χ1v) is 5.09. The van der Waals surface area contributed by atoms with Crippen molar-refractivity contribution in [3.8, 4) is 0 Å². The summed E-state index contributed by atoms with van der Waals surface area (Å²) in [5.41, 5.74) is 1.17. The van der Waals surface area contributed by atoms with E-state index in [9.17, 15) is 0 Å². The Hall–Kier alpha value is -0.570. The zero-order valence-corrected chi connectivity index (χ0v) is 9.33. The molecule has 0 amide bonds. The van der Waals surface area contributed by atoms with Crippen molar-refractivity contribution < 1.29 is 5.11 Å². The van der Waals surface area contributed by atoms with Gasteiger partial charge in [0.25, 0.3) is 0 Å². The van der Waals surface area contributed by atoms with Gasteiger partial charge in [-0.05, 0) is 31.7 Å². The molecule has 0 heterocycles. The number of halogens is 1. The van der Waals surface area contributed by atoms with Gasteiger partial charge in [-0.15, -0.1) is 0 Å². The molecule has 0 radical (unpaired) electrons. The SMILES string of the molecule is C[C@H](c1cccc(Cl)c1)N(C)CCO. The molecule has 0 unspecified atom stereocenters. The molecule has 0 aliphatic carbocycles. The molecular formula is C11H16ClNO. The van der Waals surface area contributed by atoms with Crippen molar-refractivity contribution in [1.82, 2.24) is 4.90 Å². The van der Waals surface area contributed by atoms with Crippen LogP contribution in [0.4, 0.5) is 0 Å². The van der Waals surface area contributed by atoms with Gasteiger partial charge < -0.3 is 5.11 Å². The van der Waals surface area contributed by atoms with E-state index in [2.05, 4.69) is 11.8 Å². The van der Waals surface area contributed by atoms with Crippen LogP contribution in [0.1, 0.15) is 18.5 Å². The van der Waals surface area contributed by atoms with Gasteiger partial charge in [-0.25, -0.2) is 0 Å². The molecule has 0 spiro atoms. The van der Waals surface area contributed by atoms with Crippen LogP contribution in [0.5, 0.6) is 0 Å². The summed E-state index contributed by atoms with van der Waals surface area (Å²) in [6.45, 7) is 2.95. The molecule has 14 heavy (non-hydrogen) atoms. The van der Waals surface area contributed by atoms with E-state index in [4.69, 9.17) is 16.7 Å². The average molecular weight is 214 g/mol. The first-order valence-electron chi connectivity index (χ1n) is 4.71. The van der Waals surface area contributed by atoms with E-state index in [1.165, 1.54) is 5.56 Å². The van der Waals surface area contributed by atoms with Crippen LogP contribution in [-0.2, 0) is 0 Å². The van der Waals surface area contributed by atoms with Crippen molar-refractivity contribution in [1.29, 1.82) is 0 Å². The lowest BCUT2D eigenvalue weighted by molar-refractivity contribution is 0.189. The summed E-state index contributed by atoms with van der Waals surface area (Å²) in [7, 11) is 1.99. The largest absolute Gasteiger partial charge is 0.395 e. The Labute approximate surface area is 90.1 Å². The number of benzene rings is 1. The lowest BCUT2D eigenvalue weighted by Crippen LogP contribution is -2.25. The van der Waals surface area contributed by atoms with E-state index < -0.39 is 0 Å². The lowest BCUT2D eigenvalue weighted by atomic mass is 10.1. The second-order valence-corrected chi connectivity index (χ2v) is 3.87. The summed E-state index contributed by atoms with van der Waals surface area (Å²) in [5.74, 6) is 0. The van der Waals surface area contributed by atoms with Crippen LogP contribution in [-0.4, -0.2) is 30.2 Å². The minimum atomic E-state index is 0.182. The fraction of sp³-hybridized carbons (Fsp3) is 0.455. The van der Waals surface area contributed by atoms with Gasteiger partial charge in [-0.3, -0.25) is 4.90 Å². The number of hydrogen-bond donors (Lipinski definition) is 1. The van der Waals surface area contributed by atoms with Gasteiger partial charge in [-0.2, -0.15) is 0 Å². The minimum absolute atomic E-state index is 0.182. The number of hydrogen-bond acceptors (Lipinski definition) is 2. The number of nitrogens with zero attached hydrogens (tertiary/aromatic N) is 1. The number of aliphatic hydroxyl groups excluding tert-OH is 1. The summed E-state index contributed by atoms with van der Waals surface area (Å²) in [5, 5.41) is 9.58. The molecule has 1 aromatic carbocycles. The van der Waals surface area contributed by atoms with Gasteiger partial charge in [0, 0.05) is 17.6 Å². The lowest BCUT2D eigenvalue weighted by Gasteiger charge is -2.24. The average Bonchev–Trinajstić information content (AvgIpc) is 2.17. The third-order valence-corrected chi connectivity index (χ3v) is 2.68. The maximum atomic E-state index is 8.82. The van der Waals surface area contributed by atoms with Crippen LogP contribution in [0.2, 0.25) is 5.02 Å². The molecule has 1 N–H and O–H groups in total. The topological polar surface area (TPSA) is 23.5 Å². The van der Waals surface area contributed by atoms with E-state index in [0.717, 1.165) is 5.02 Å². The first-order chi connectivity index (χ1) is 6.65. The Morgan fingerprint density at radius 3 is 2.79 bits per heavy atom. The van der Waals surface area contributed by atoms with Crippen molar-refractivity contribution >= 4 is 11.6 Å². The summed E-state index contributed by atoms with van der Waals surface area (Å²) < 4.78 is 0. The van der Waals surface area contributed by atoms with Crippen molar-refractivity contribution in [2.24, 2.45) is 0 Å². The molecule has 1 aromatic rings. The van der Waals surface area contributed by atoms with E-state index in [1.54, 1.807) is 0 Å². The Morgan fingerprint density at radius 2 is 2.21 bits per heavy atom. The molecule has 0 saturated heterocycles. The molecule has 0 saturated carbocycles. The highest BCUT2D eigenvalue weighted by Gasteiger charge is 2.10. The summed E-state index contributed by atoms with van der Waals surface area (Å²) in [6, 6.07) is 8.09. The predicted octanol–water partition coefficient (Wildman–Crippen LogP) is 2.33. The Bertz CT molecular complexity index is 290. The molecule has 0 aliphatic rings. The summed E-state index contributed by atoms with van der Waals surface area (Å²) in [6.07, 6.45) is 0. The van der Waals surface area contributed by atoms with Crippen molar-refractivity contribution in [2.75, 3.05) is 20.2 Å².